The largest absolute Gasteiger partial charge is 0.310 e. The summed E-state index contributed by atoms with van der Waals surface area (Å²) in [6.07, 6.45) is 3.98. The van der Waals surface area contributed by atoms with Crippen LogP contribution in [0.1, 0.15) is 11.1 Å². The average molecular weight is 221 g/mol. The van der Waals surface area contributed by atoms with Gasteiger partial charge in [0.2, 0.25) is 0 Å². The zero-order valence-electron chi connectivity index (χ0n) is 9.38. The summed E-state index contributed by atoms with van der Waals surface area (Å²) in [6.45, 7) is 0. The smallest absolute Gasteiger partial charge is 0.128 e. The molecule has 2 aromatic carbocycles. The summed E-state index contributed by atoms with van der Waals surface area (Å²) in [4.78, 5) is 0. The summed E-state index contributed by atoms with van der Waals surface area (Å²) in [7, 11) is 0. The van der Waals surface area contributed by atoms with Gasteiger partial charge in [0.25, 0.3) is 0 Å². The minimum Gasteiger partial charge on any atom is -0.310 e. The van der Waals surface area contributed by atoms with Crippen molar-refractivity contribution in [1.82, 2.24) is 10.9 Å². The molecule has 2 heteroatoms. The average Bonchev–Trinajstić information content (AvgIpc) is 2.91. The Morgan fingerprint density at radius 3 is 1.71 bits per heavy atom. The molecule has 2 nitrogen and oxygen atoms in total. The van der Waals surface area contributed by atoms with Gasteiger partial charge >= 0.3 is 0 Å². The van der Waals surface area contributed by atoms with Crippen LogP contribution >= 0.6 is 0 Å². The second kappa shape index (κ2) is 4.07. The standard InChI is InChI=1S/C15H13N2/c1-3-7-13(8-4-1)15(11-12-16-17-15)14-9-5-2-6-10-14/h1-12,16H. The lowest BCUT2D eigenvalue weighted by Crippen LogP contribution is -2.36. The van der Waals surface area contributed by atoms with E-state index < -0.39 is 0 Å². The molecule has 2 aromatic rings. The lowest BCUT2D eigenvalue weighted by molar-refractivity contribution is 0.474. The summed E-state index contributed by atoms with van der Waals surface area (Å²) in [5.74, 6) is 0. The van der Waals surface area contributed by atoms with Crippen molar-refractivity contribution in [1.29, 1.82) is 0 Å². The fraction of sp³-hybridized carbons (Fsp3) is 0.0667. The van der Waals surface area contributed by atoms with Crippen molar-refractivity contribution in [3.05, 3.63) is 84.1 Å². The number of rotatable bonds is 2. The Morgan fingerprint density at radius 2 is 1.29 bits per heavy atom. The molecule has 1 N–H and O–H groups in total. The second-order valence-electron chi connectivity index (χ2n) is 4.07. The summed E-state index contributed by atoms with van der Waals surface area (Å²) in [5, 5.41) is 0. The Balaban J connectivity index is 2.15. The fourth-order valence-corrected chi connectivity index (χ4v) is 2.21. The van der Waals surface area contributed by atoms with Gasteiger partial charge in [0.1, 0.15) is 5.54 Å². The minimum atomic E-state index is -0.386. The number of nitrogens with zero attached hydrogens (tertiary/aromatic N) is 1. The molecule has 0 bridgehead atoms. The quantitative estimate of drug-likeness (QED) is 0.828. The molecule has 1 aliphatic heterocycles. The molecule has 0 unspecified atom stereocenters. The maximum absolute atomic E-state index is 4.55. The van der Waals surface area contributed by atoms with Gasteiger partial charge in [0, 0.05) is 6.20 Å². The number of benzene rings is 2. The maximum atomic E-state index is 4.55. The van der Waals surface area contributed by atoms with Crippen LogP contribution in [0.2, 0.25) is 0 Å². The molecule has 0 saturated heterocycles. The van der Waals surface area contributed by atoms with Crippen LogP contribution in [-0.4, -0.2) is 0 Å². The summed E-state index contributed by atoms with van der Waals surface area (Å²) in [5.41, 5.74) is 9.46. The highest BCUT2D eigenvalue weighted by atomic mass is 15.4. The molecule has 0 atom stereocenters. The Bertz CT molecular complexity index is 478. The van der Waals surface area contributed by atoms with Gasteiger partial charge in [0.05, 0.1) is 0 Å². The first-order valence-electron chi connectivity index (χ1n) is 5.68. The molecule has 0 spiro atoms. The van der Waals surface area contributed by atoms with Crippen molar-refractivity contribution in [2.75, 3.05) is 0 Å². The molecular formula is C15H13N2. The summed E-state index contributed by atoms with van der Waals surface area (Å²) < 4.78 is 0. The van der Waals surface area contributed by atoms with E-state index >= 15 is 0 Å². The van der Waals surface area contributed by atoms with Gasteiger partial charge in [-0.3, -0.25) is 0 Å². The van der Waals surface area contributed by atoms with E-state index in [0.717, 1.165) is 0 Å². The first-order chi connectivity index (χ1) is 8.42. The number of hydrogen-bond donors (Lipinski definition) is 1. The Kier molecular flexibility index (Phi) is 2.42. The monoisotopic (exact) mass is 221 g/mol. The van der Waals surface area contributed by atoms with Crippen LogP contribution < -0.4 is 10.9 Å². The van der Waals surface area contributed by atoms with Crippen molar-refractivity contribution in [2.24, 2.45) is 0 Å². The van der Waals surface area contributed by atoms with E-state index in [4.69, 9.17) is 0 Å². The fourth-order valence-electron chi connectivity index (χ4n) is 2.21. The molecule has 17 heavy (non-hydrogen) atoms. The molecule has 0 fully saturated rings. The van der Waals surface area contributed by atoms with Crippen molar-refractivity contribution >= 4 is 0 Å². The SMILES string of the molecule is C1=CC(c2ccccc2)(c2ccccc2)[N]N1. The Morgan fingerprint density at radius 1 is 0.765 bits per heavy atom. The first kappa shape index (κ1) is 10.1. The van der Waals surface area contributed by atoms with E-state index in [1.165, 1.54) is 11.1 Å². The van der Waals surface area contributed by atoms with Gasteiger partial charge < -0.3 is 5.43 Å². The molecule has 1 heterocycles. The van der Waals surface area contributed by atoms with Gasteiger partial charge in [-0.1, -0.05) is 60.7 Å². The maximum Gasteiger partial charge on any atom is 0.128 e. The van der Waals surface area contributed by atoms with Crippen LogP contribution in [0.25, 0.3) is 0 Å². The lowest BCUT2D eigenvalue weighted by Gasteiger charge is -2.26. The summed E-state index contributed by atoms with van der Waals surface area (Å²) in [6, 6.07) is 20.6. The van der Waals surface area contributed by atoms with Gasteiger partial charge in [0.15, 0.2) is 0 Å². The predicted octanol–water partition coefficient (Wildman–Crippen LogP) is 2.57. The zero-order chi connectivity index (χ0) is 11.6. The van der Waals surface area contributed by atoms with E-state index in [-0.39, 0.29) is 5.54 Å². The predicted molar refractivity (Wildman–Crippen MR) is 68.1 cm³/mol. The van der Waals surface area contributed by atoms with Crippen LogP contribution in [0.5, 0.6) is 0 Å². The van der Waals surface area contributed by atoms with Gasteiger partial charge in [-0.15, -0.1) is 5.43 Å². The molecule has 0 aliphatic carbocycles. The van der Waals surface area contributed by atoms with Crippen LogP contribution in [0.15, 0.2) is 72.9 Å². The van der Waals surface area contributed by atoms with E-state index in [0.29, 0.717) is 0 Å². The van der Waals surface area contributed by atoms with Crippen molar-refractivity contribution in [2.45, 2.75) is 5.54 Å². The van der Waals surface area contributed by atoms with E-state index in [9.17, 15) is 0 Å². The van der Waals surface area contributed by atoms with Gasteiger partial charge in [-0.05, 0) is 17.2 Å². The molecular weight excluding hydrogens is 208 g/mol. The van der Waals surface area contributed by atoms with E-state index in [1.807, 2.05) is 42.6 Å². The minimum absolute atomic E-state index is 0.386. The van der Waals surface area contributed by atoms with Crippen molar-refractivity contribution in [3.63, 3.8) is 0 Å². The third-order valence-electron chi connectivity index (χ3n) is 3.07. The number of hydrogen-bond acceptors (Lipinski definition) is 1. The van der Waals surface area contributed by atoms with Crippen LogP contribution in [0, 0.1) is 0 Å². The first-order valence-corrected chi connectivity index (χ1v) is 5.68. The number of nitrogens with one attached hydrogen (secondary N) is 1. The Hall–Kier alpha value is -2.06. The molecule has 83 valence electrons. The molecule has 0 amide bonds. The third-order valence-corrected chi connectivity index (χ3v) is 3.07. The normalized spacial score (nSPS) is 16.7. The molecule has 1 aliphatic rings. The molecule has 0 saturated carbocycles. The second-order valence-corrected chi connectivity index (χ2v) is 4.07. The molecule has 0 aromatic heterocycles. The van der Waals surface area contributed by atoms with Crippen LogP contribution in [0.4, 0.5) is 0 Å². The van der Waals surface area contributed by atoms with Crippen molar-refractivity contribution < 1.29 is 0 Å². The van der Waals surface area contributed by atoms with Gasteiger partial charge in [-0.2, -0.15) is 0 Å². The lowest BCUT2D eigenvalue weighted by atomic mass is 9.84. The summed E-state index contributed by atoms with van der Waals surface area (Å²) >= 11 is 0. The zero-order valence-corrected chi connectivity index (χ0v) is 9.38. The highest BCUT2D eigenvalue weighted by molar-refractivity contribution is 5.44. The van der Waals surface area contributed by atoms with Crippen LogP contribution in [-0.2, 0) is 5.54 Å². The van der Waals surface area contributed by atoms with Gasteiger partial charge in [-0.25, -0.2) is 0 Å². The van der Waals surface area contributed by atoms with Crippen LogP contribution in [0.3, 0.4) is 0 Å². The highest BCUT2D eigenvalue weighted by Crippen LogP contribution is 2.33. The molecule has 1 radical (unpaired) electrons. The third kappa shape index (κ3) is 1.63. The highest BCUT2D eigenvalue weighted by Gasteiger charge is 2.35. The van der Waals surface area contributed by atoms with Crippen molar-refractivity contribution in [3.8, 4) is 0 Å². The topological polar surface area (TPSA) is 26.1 Å². The van der Waals surface area contributed by atoms with E-state index in [2.05, 4.69) is 41.2 Å². The van der Waals surface area contributed by atoms with E-state index in [1.54, 1.807) is 0 Å². The molecule has 3 rings (SSSR count). The Labute approximate surface area is 101 Å².